The van der Waals surface area contributed by atoms with E-state index in [0.29, 0.717) is 39.5 Å². The van der Waals surface area contributed by atoms with E-state index in [1.54, 1.807) is 61.9 Å². The summed E-state index contributed by atoms with van der Waals surface area (Å²) in [6.45, 7) is 3.58. The zero-order valence-electron chi connectivity index (χ0n) is 17.1. The lowest BCUT2D eigenvalue weighted by Crippen LogP contribution is -2.15. The summed E-state index contributed by atoms with van der Waals surface area (Å²) in [6.07, 6.45) is -0.159. The third-order valence-corrected chi connectivity index (χ3v) is 5.21. The molecule has 1 unspecified atom stereocenters. The van der Waals surface area contributed by atoms with Gasteiger partial charge in [-0.15, -0.1) is 0 Å². The Bertz CT molecular complexity index is 1070. The first-order valence-electron chi connectivity index (χ1n) is 9.63. The van der Waals surface area contributed by atoms with Crippen molar-refractivity contribution in [1.29, 1.82) is 0 Å². The van der Waals surface area contributed by atoms with E-state index < -0.39 is 12.1 Å². The number of aromatic nitrogens is 1. The van der Waals surface area contributed by atoms with E-state index in [0.717, 1.165) is 5.39 Å². The number of benzene rings is 2. The van der Waals surface area contributed by atoms with E-state index in [-0.39, 0.29) is 18.9 Å². The summed E-state index contributed by atoms with van der Waals surface area (Å²) in [7, 11) is 1.56. The average Bonchev–Trinajstić information content (AvgIpc) is 2.98. The molecule has 0 aliphatic rings. The van der Waals surface area contributed by atoms with Crippen molar-refractivity contribution < 1.29 is 24.2 Å². The standard InChI is InChI=1S/C23H24ClNO5/c1-14(26)10-11-30-22(27)13-19-15(2)25(21-9-8-18(29-3)12-20(19)21)23(28)16-4-6-17(24)7-5-16/h4-9,12,14,26H,10-11,13H2,1-3H3. The Hall–Kier alpha value is -2.83. The summed E-state index contributed by atoms with van der Waals surface area (Å²) in [5.74, 6) is -0.00469. The Morgan fingerprint density at radius 1 is 1.17 bits per heavy atom. The molecule has 1 atom stereocenters. The number of nitrogens with zero attached hydrogens (tertiary/aromatic N) is 1. The van der Waals surface area contributed by atoms with Crippen molar-refractivity contribution in [3.63, 3.8) is 0 Å². The fourth-order valence-electron chi connectivity index (χ4n) is 3.33. The van der Waals surface area contributed by atoms with Crippen LogP contribution in [0.3, 0.4) is 0 Å². The maximum atomic E-state index is 13.2. The van der Waals surface area contributed by atoms with Crippen LogP contribution >= 0.6 is 11.6 Å². The molecule has 0 aliphatic heterocycles. The molecule has 0 amide bonds. The van der Waals surface area contributed by atoms with Crippen molar-refractivity contribution in [2.75, 3.05) is 13.7 Å². The quantitative estimate of drug-likeness (QED) is 0.570. The number of carbonyl (C=O) groups is 2. The molecule has 30 heavy (non-hydrogen) atoms. The van der Waals surface area contributed by atoms with Gasteiger partial charge < -0.3 is 14.6 Å². The fraction of sp³-hybridized carbons (Fsp3) is 0.304. The molecule has 1 heterocycles. The van der Waals surface area contributed by atoms with Crippen LogP contribution in [0.2, 0.25) is 5.02 Å². The molecule has 158 valence electrons. The van der Waals surface area contributed by atoms with Crippen molar-refractivity contribution in [2.24, 2.45) is 0 Å². The second kappa shape index (κ2) is 9.32. The van der Waals surface area contributed by atoms with Crippen LogP contribution in [0.15, 0.2) is 42.5 Å². The number of aliphatic hydroxyl groups excluding tert-OH is 1. The van der Waals surface area contributed by atoms with E-state index in [9.17, 15) is 14.7 Å². The van der Waals surface area contributed by atoms with Gasteiger partial charge in [0.05, 0.1) is 31.8 Å². The van der Waals surface area contributed by atoms with E-state index in [4.69, 9.17) is 21.1 Å². The highest BCUT2D eigenvalue weighted by Crippen LogP contribution is 2.31. The summed E-state index contributed by atoms with van der Waals surface area (Å²) in [6, 6.07) is 12.1. The molecule has 1 N–H and O–H groups in total. The van der Waals surface area contributed by atoms with Crippen molar-refractivity contribution in [3.8, 4) is 5.75 Å². The molecule has 7 heteroatoms. The summed E-state index contributed by atoms with van der Waals surface area (Å²) < 4.78 is 12.2. The molecule has 2 aromatic carbocycles. The molecule has 0 radical (unpaired) electrons. The summed E-state index contributed by atoms with van der Waals surface area (Å²) in [4.78, 5) is 25.6. The van der Waals surface area contributed by atoms with Crippen LogP contribution in [-0.4, -0.2) is 41.4 Å². The molecular formula is C23H24ClNO5. The van der Waals surface area contributed by atoms with Gasteiger partial charge in [0, 0.05) is 28.1 Å². The Morgan fingerprint density at radius 3 is 2.50 bits per heavy atom. The topological polar surface area (TPSA) is 77.8 Å². The van der Waals surface area contributed by atoms with Gasteiger partial charge in [-0.1, -0.05) is 11.6 Å². The number of methoxy groups -OCH3 is 1. The predicted molar refractivity (Wildman–Crippen MR) is 115 cm³/mol. The van der Waals surface area contributed by atoms with E-state index >= 15 is 0 Å². The first kappa shape index (κ1) is 21.9. The zero-order chi connectivity index (χ0) is 21.8. The first-order chi connectivity index (χ1) is 14.3. The van der Waals surface area contributed by atoms with Crippen LogP contribution < -0.4 is 4.74 Å². The van der Waals surface area contributed by atoms with Crippen LogP contribution in [0.5, 0.6) is 5.75 Å². The average molecular weight is 430 g/mol. The van der Waals surface area contributed by atoms with E-state index in [2.05, 4.69) is 0 Å². The number of esters is 1. The van der Waals surface area contributed by atoms with Gasteiger partial charge in [0.2, 0.25) is 0 Å². The van der Waals surface area contributed by atoms with Gasteiger partial charge in [-0.05, 0) is 61.9 Å². The van der Waals surface area contributed by atoms with Gasteiger partial charge >= 0.3 is 5.97 Å². The number of rotatable bonds is 7. The van der Waals surface area contributed by atoms with Crippen molar-refractivity contribution in [3.05, 3.63) is 64.3 Å². The number of aliphatic hydroxyl groups is 1. The molecular weight excluding hydrogens is 406 g/mol. The minimum atomic E-state index is -0.539. The molecule has 0 spiro atoms. The molecule has 0 saturated heterocycles. The van der Waals surface area contributed by atoms with Crippen LogP contribution in [0, 0.1) is 6.92 Å². The van der Waals surface area contributed by atoms with Gasteiger partial charge in [-0.3, -0.25) is 14.2 Å². The summed E-state index contributed by atoms with van der Waals surface area (Å²) >= 11 is 5.95. The van der Waals surface area contributed by atoms with E-state index in [1.807, 2.05) is 6.07 Å². The molecule has 6 nitrogen and oxygen atoms in total. The number of ether oxygens (including phenoxy) is 2. The van der Waals surface area contributed by atoms with Crippen LogP contribution in [0.25, 0.3) is 10.9 Å². The Kier molecular flexibility index (Phi) is 6.80. The van der Waals surface area contributed by atoms with Gasteiger partial charge in [-0.2, -0.15) is 0 Å². The van der Waals surface area contributed by atoms with E-state index in [1.165, 1.54) is 0 Å². The third kappa shape index (κ3) is 4.66. The Morgan fingerprint density at radius 2 is 1.87 bits per heavy atom. The van der Waals surface area contributed by atoms with Crippen LogP contribution in [-0.2, 0) is 16.0 Å². The lowest BCUT2D eigenvalue weighted by molar-refractivity contribution is -0.143. The number of halogens is 1. The SMILES string of the molecule is COc1ccc2c(c1)c(CC(=O)OCCC(C)O)c(C)n2C(=O)c1ccc(Cl)cc1. The maximum absolute atomic E-state index is 13.2. The molecule has 0 saturated carbocycles. The molecule has 3 rings (SSSR count). The normalized spacial score (nSPS) is 12.0. The number of hydrogen-bond acceptors (Lipinski definition) is 5. The number of hydrogen-bond donors (Lipinski definition) is 1. The molecule has 3 aromatic rings. The largest absolute Gasteiger partial charge is 0.497 e. The highest BCUT2D eigenvalue weighted by molar-refractivity contribution is 6.30. The minimum Gasteiger partial charge on any atom is -0.497 e. The van der Waals surface area contributed by atoms with Gasteiger partial charge in [0.25, 0.3) is 5.91 Å². The maximum Gasteiger partial charge on any atom is 0.310 e. The zero-order valence-corrected chi connectivity index (χ0v) is 17.9. The second-order valence-electron chi connectivity index (χ2n) is 7.13. The highest BCUT2D eigenvalue weighted by Gasteiger charge is 2.22. The fourth-order valence-corrected chi connectivity index (χ4v) is 3.46. The lowest BCUT2D eigenvalue weighted by atomic mass is 10.1. The molecule has 0 bridgehead atoms. The smallest absolute Gasteiger partial charge is 0.310 e. The molecule has 0 fully saturated rings. The van der Waals surface area contributed by atoms with Gasteiger partial charge in [-0.25, -0.2) is 0 Å². The molecule has 0 aliphatic carbocycles. The van der Waals surface area contributed by atoms with Gasteiger partial charge in [0.15, 0.2) is 0 Å². The van der Waals surface area contributed by atoms with Crippen LogP contribution in [0.1, 0.15) is 35.0 Å². The minimum absolute atomic E-state index is 0.0101. The number of fused-ring (bicyclic) bond motifs is 1. The Balaban J connectivity index is 2.01. The summed E-state index contributed by atoms with van der Waals surface area (Å²) in [5, 5.41) is 10.6. The Labute approximate surface area is 180 Å². The van der Waals surface area contributed by atoms with Crippen molar-refractivity contribution >= 4 is 34.4 Å². The van der Waals surface area contributed by atoms with Gasteiger partial charge in [0.1, 0.15) is 5.75 Å². The second-order valence-corrected chi connectivity index (χ2v) is 7.57. The van der Waals surface area contributed by atoms with Crippen molar-refractivity contribution in [2.45, 2.75) is 32.8 Å². The van der Waals surface area contributed by atoms with Crippen molar-refractivity contribution in [1.82, 2.24) is 4.57 Å². The lowest BCUT2D eigenvalue weighted by Gasteiger charge is -2.08. The third-order valence-electron chi connectivity index (χ3n) is 4.96. The predicted octanol–water partition coefficient (Wildman–Crippen LogP) is 4.16. The first-order valence-corrected chi connectivity index (χ1v) is 10.0. The molecule has 1 aromatic heterocycles. The monoisotopic (exact) mass is 429 g/mol. The van der Waals surface area contributed by atoms with Crippen LogP contribution in [0.4, 0.5) is 0 Å². The highest BCUT2D eigenvalue weighted by atomic mass is 35.5. The summed E-state index contributed by atoms with van der Waals surface area (Å²) in [5.41, 5.74) is 2.53. The number of carbonyl (C=O) groups excluding carboxylic acids is 2.